The summed E-state index contributed by atoms with van der Waals surface area (Å²) in [7, 11) is 0. The molecule has 1 aromatic rings. The summed E-state index contributed by atoms with van der Waals surface area (Å²) in [6.07, 6.45) is 0.381. The lowest BCUT2D eigenvalue weighted by atomic mass is 9.99. The highest BCUT2D eigenvalue weighted by Gasteiger charge is 2.38. The quantitative estimate of drug-likeness (QED) is 0.744. The number of nitrogens with one attached hydrogen (secondary N) is 1. The lowest BCUT2D eigenvalue weighted by Crippen LogP contribution is -2.51. The van der Waals surface area contributed by atoms with E-state index < -0.39 is 28.8 Å². The van der Waals surface area contributed by atoms with Gasteiger partial charge in [-0.1, -0.05) is 0 Å². The number of benzene rings is 1. The first-order chi connectivity index (χ1) is 8.92. The van der Waals surface area contributed by atoms with E-state index in [4.69, 9.17) is 15.6 Å². The minimum atomic E-state index is -1.40. The highest BCUT2D eigenvalue weighted by atomic mass is 19.1. The molecular formula is C12H13FN2O4. The van der Waals surface area contributed by atoms with Gasteiger partial charge >= 0.3 is 5.97 Å². The smallest absolute Gasteiger partial charge is 0.338 e. The van der Waals surface area contributed by atoms with Crippen LogP contribution in [0, 0.1) is 5.82 Å². The molecule has 1 unspecified atom stereocenters. The fourth-order valence-electron chi connectivity index (χ4n) is 1.78. The van der Waals surface area contributed by atoms with Crippen LogP contribution in [0.15, 0.2) is 18.2 Å². The number of carbonyl (C=O) groups excluding carboxylic acids is 1. The second kappa shape index (κ2) is 4.94. The molecule has 1 aliphatic rings. The molecule has 7 heteroatoms. The first-order valence-electron chi connectivity index (χ1n) is 5.63. The second-order valence-corrected chi connectivity index (χ2v) is 4.41. The number of hydrogen-bond acceptors (Lipinski definition) is 4. The highest BCUT2D eigenvalue weighted by molar-refractivity contribution is 5.99. The van der Waals surface area contributed by atoms with Crippen molar-refractivity contribution in [3.63, 3.8) is 0 Å². The van der Waals surface area contributed by atoms with Gasteiger partial charge < -0.3 is 20.9 Å². The summed E-state index contributed by atoms with van der Waals surface area (Å²) in [4.78, 5) is 22.7. The molecule has 1 fully saturated rings. The van der Waals surface area contributed by atoms with Crippen LogP contribution in [0.5, 0.6) is 0 Å². The molecule has 0 radical (unpaired) electrons. The number of aromatic carboxylic acids is 1. The molecule has 2 rings (SSSR count). The topological polar surface area (TPSA) is 102 Å². The van der Waals surface area contributed by atoms with Crippen LogP contribution < -0.4 is 11.1 Å². The van der Waals surface area contributed by atoms with Gasteiger partial charge in [0.25, 0.3) is 0 Å². The average molecular weight is 268 g/mol. The number of carboxylic acids is 1. The maximum atomic E-state index is 13.2. The third kappa shape index (κ3) is 2.72. The zero-order valence-electron chi connectivity index (χ0n) is 9.98. The molecule has 0 spiro atoms. The molecule has 4 N–H and O–H groups in total. The van der Waals surface area contributed by atoms with Gasteiger partial charge in [0.1, 0.15) is 11.4 Å². The highest BCUT2D eigenvalue weighted by Crippen LogP contribution is 2.20. The largest absolute Gasteiger partial charge is 0.478 e. The van der Waals surface area contributed by atoms with Crippen molar-refractivity contribution in [2.24, 2.45) is 5.73 Å². The van der Waals surface area contributed by atoms with Crippen molar-refractivity contribution in [1.82, 2.24) is 0 Å². The van der Waals surface area contributed by atoms with E-state index in [1.54, 1.807) is 0 Å². The Morgan fingerprint density at radius 2 is 2.21 bits per heavy atom. The van der Waals surface area contributed by atoms with Crippen molar-refractivity contribution in [2.75, 3.05) is 18.5 Å². The molecule has 1 aliphatic heterocycles. The van der Waals surface area contributed by atoms with Gasteiger partial charge in [-0.2, -0.15) is 0 Å². The summed E-state index contributed by atoms with van der Waals surface area (Å²) in [6, 6.07) is 3.31. The standard InChI is InChI=1S/C12H13FN2O4/c13-9-2-1-7(5-8(9)10(16)17)15-11(18)12(14)3-4-19-6-12/h1-2,5H,3-4,6,14H2,(H,15,18)(H,16,17). The van der Waals surface area contributed by atoms with E-state index in [9.17, 15) is 14.0 Å². The summed E-state index contributed by atoms with van der Waals surface area (Å²) < 4.78 is 18.3. The molecule has 1 amide bonds. The van der Waals surface area contributed by atoms with Gasteiger partial charge in [-0.3, -0.25) is 4.79 Å². The van der Waals surface area contributed by atoms with E-state index in [2.05, 4.69) is 5.32 Å². The van der Waals surface area contributed by atoms with Crippen LogP contribution >= 0.6 is 0 Å². The van der Waals surface area contributed by atoms with E-state index in [0.29, 0.717) is 13.0 Å². The van der Waals surface area contributed by atoms with Crippen molar-refractivity contribution in [1.29, 1.82) is 0 Å². The van der Waals surface area contributed by atoms with E-state index >= 15 is 0 Å². The van der Waals surface area contributed by atoms with Gasteiger partial charge in [0, 0.05) is 12.3 Å². The first kappa shape index (κ1) is 13.4. The molecule has 19 heavy (non-hydrogen) atoms. The van der Waals surface area contributed by atoms with E-state index in [-0.39, 0.29) is 12.3 Å². The number of amides is 1. The van der Waals surface area contributed by atoms with Crippen LogP contribution in [0.1, 0.15) is 16.8 Å². The average Bonchev–Trinajstić information content (AvgIpc) is 2.79. The number of anilines is 1. The number of ether oxygens (including phenoxy) is 1. The molecule has 1 heterocycles. The molecule has 1 saturated heterocycles. The normalized spacial score (nSPS) is 22.2. The second-order valence-electron chi connectivity index (χ2n) is 4.41. The fraction of sp³-hybridized carbons (Fsp3) is 0.333. The molecule has 0 bridgehead atoms. The Labute approximate surface area is 108 Å². The van der Waals surface area contributed by atoms with Crippen LogP contribution in [0.2, 0.25) is 0 Å². The Balaban J connectivity index is 2.17. The number of rotatable bonds is 3. The molecular weight excluding hydrogens is 255 g/mol. The van der Waals surface area contributed by atoms with E-state index in [0.717, 1.165) is 12.1 Å². The number of hydrogen-bond donors (Lipinski definition) is 3. The summed E-state index contributed by atoms with van der Waals surface area (Å²) in [5, 5.41) is 11.3. The third-order valence-electron chi connectivity index (χ3n) is 2.96. The first-order valence-corrected chi connectivity index (χ1v) is 5.63. The minimum absolute atomic E-state index is 0.103. The Morgan fingerprint density at radius 3 is 2.79 bits per heavy atom. The zero-order chi connectivity index (χ0) is 14.0. The summed E-state index contributed by atoms with van der Waals surface area (Å²) >= 11 is 0. The predicted octanol–water partition coefficient (Wildman–Crippen LogP) is 0.580. The van der Waals surface area contributed by atoms with Crippen LogP contribution in [-0.2, 0) is 9.53 Å². The Hall–Kier alpha value is -1.99. The minimum Gasteiger partial charge on any atom is -0.478 e. The molecule has 6 nitrogen and oxygen atoms in total. The molecule has 0 aromatic heterocycles. The van der Waals surface area contributed by atoms with Gasteiger partial charge in [0.15, 0.2) is 0 Å². The van der Waals surface area contributed by atoms with Crippen molar-refractivity contribution >= 4 is 17.6 Å². The lowest BCUT2D eigenvalue weighted by molar-refractivity contribution is -0.121. The number of carboxylic acid groups (broad SMARTS) is 1. The summed E-state index contributed by atoms with van der Waals surface area (Å²) in [5.41, 5.74) is 4.40. The van der Waals surface area contributed by atoms with Crippen LogP contribution in [0.3, 0.4) is 0 Å². The number of carbonyl (C=O) groups is 2. The van der Waals surface area contributed by atoms with Gasteiger partial charge in [-0.15, -0.1) is 0 Å². The van der Waals surface area contributed by atoms with Crippen molar-refractivity contribution < 1.29 is 23.8 Å². The molecule has 1 aromatic carbocycles. The van der Waals surface area contributed by atoms with Crippen LogP contribution in [0.4, 0.5) is 10.1 Å². The Kier molecular flexibility index (Phi) is 3.50. The lowest BCUT2D eigenvalue weighted by Gasteiger charge is -2.20. The molecule has 1 atom stereocenters. The zero-order valence-corrected chi connectivity index (χ0v) is 9.98. The third-order valence-corrected chi connectivity index (χ3v) is 2.96. The molecule has 0 aliphatic carbocycles. The van der Waals surface area contributed by atoms with Gasteiger partial charge in [0.2, 0.25) is 5.91 Å². The van der Waals surface area contributed by atoms with Gasteiger partial charge in [0.05, 0.1) is 12.2 Å². The maximum absolute atomic E-state index is 13.2. The number of halogens is 1. The van der Waals surface area contributed by atoms with Crippen LogP contribution in [-0.4, -0.2) is 35.7 Å². The van der Waals surface area contributed by atoms with Crippen molar-refractivity contribution in [3.05, 3.63) is 29.6 Å². The van der Waals surface area contributed by atoms with Crippen molar-refractivity contribution in [3.8, 4) is 0 Å². The van der Waals surface area contributed by atoms with E-state index in [1.807, 2.05) is 0 Å². The summed E-state index contributed by atoms with van der Waals surface area (Å²) in [5.74, 6) is -2.75. The van der Waals surface area contributed by atoms with E-state index in [1.165, 1.54) is 6.07 Å². The Bertz CT molecular complexity index is 526. The fourth-order valence-corrected chi connectivity index (χ4v) is 1.78. The van der Waals surface area contributed by atoms with Gasteiger partial charge in [-0.05, 0) is 24.6 Å². The molecule has 0 saturated carbocycles. The Morgan fingerprint density at radius 1 is 1.47 bits per heavy atom. The van der Waals surface area contributed by atoms with Gasteiger partial charge in [-0.25, -0.2) is 9.18 Å². The van der Waals surface area contributed by atoms with Crippen LogP contribution in [0.25, 0.3) is 0 Å². The molecule has 102 valence electrons. The van der Waals surface area contributed by atoms with Crippen molar-refractivity contribution in [2.45, 2.75) is 12.0 Å². The predicted molar refractivity (Wildman–Crippen MR) is 64.3 cm³/mol. The monoisotopic (exact) mass is 268 g/mol. The number of nitrogens with two attached hydrogens (primary N) is 1. The summed E-state index contributed by atoms with van der Waals surface area (Å²) in [6.45, 7) is 0.500. The SMILES string of the molecule is NC1(C(=O)Nc2ccc(F)c(C(=O)O)c2)CCOC1. The maximum Gasteiger partial charge on any atom is 0.338 e.